The number of amides is 1. The number of ether oxygens (including phenoxy) is 1. The molecule has 0 aromatic heterocycles. The Kier molecular flexibility index (Phi) is 6.04. The average Bonchev–Trinajstić information content (AvgIpc) is 2.57. The van der Waals surface area contributed by atoms with Gasteiger partial charge in [0.25, 0.3) is 5.91 Å². The average molecular weight is 377 g/mol. The fraction of sp³-hybridized carbons (Fsp3) is 0.278. The van der Waals surface area contributed by atoms with Crippen LogP contribution in [0.1, 0.15) is 24.2 Å². The number of nitrogens with zero attached hydrogens (tertiary/aromatic N) is 1. The zero-order valence-electron chi connectivity index (χ0n) is 13.6. The molecule has 0 radical (unpaired) electrons. The molecule has 0 aliphatic carbocycles. The van der Waals surface area contributed by atoms with E-state index in [0.29, 0.717) is 23.6 Å². The maximum absolute atomic E-state index is 12.4. The lowest BCUT2D eigenvalue weighted by molar-refractivity contribution is 0.102. The van der Waals surface area contributed by atoms with Crippen molar-refractivity contribution >= 4 is 33.2 Å². The Morgan fingerprint density at radius 3 is 2.48 bits per heavy atom. The predicted octanol–water partition coefficient (Wildman–Crippen LogP) is 4.56. The minimum atomic E-state index is -0.158. The molecule has 2 rings (SSSR count). The van der Waals surface area contributed by atoms with Crippen molar-refractivity contribution in [3.8, 4) is 5.75 Å². The van der Waals surface area contributed by atoms with Crippen LogP contribution in [0.2, 0.25) is 0 Å². The third kappa shape index (κ3) is 4.48. The smallest absolute Gasteiger partial charge is 0.255 e. The Labute approximate surface area is 145 Å². The van der Waals surface area contributed by atoms with E-state index in [2.05, 4.69) is 33.1 Å². The van der Waals surface area contributed by atoms with Gasteiger partial charge >= 0.3 is 0 Å². The molecule has 0 atom stereocenters. The van der Waals surface area contributed by atoms with Crippen molar-refractivity contribution in [1.82, 2.24) is 0 Å². The van der Waals surface area contributed by atoms with Gasteiger partial charge in [-0.25, -0.2) is 0 Å². The molecular formula is C18H21BrN2O2. The number of carbonyl (C=O) groups is 1. The highest BCUT2D eigenvalue weighted by molar-refractivity contribution is 9.10. The summed E-state index contributed by atoms with van der Waals surface area (Å²) >= 11 is 3.41. The normalized spacial score (nSPS) is 10.3. The first-order valence-electron chi connectivity index (χ1n) is 7.60. The van der Waals surface area contributed by atoms with Gasteiger partial charge in [0, 0.05) is 29.3 Å². The van der Waals surface area contributed by atoms with Crippen LogP contribution in [0.3, 0.4) is 0 Å². The number of nitrogens with one attached hydrogen (secondary N) is 1. The molecule has 4 nitrogen and oxygen atoms in total. The highest BCUT2D eigenvalue weighted by atomic mass is 79.9. The molecule has 0 fully saturated rings. The number of carbonyl (C=O) groups excluding carboxylic acids is 1. The van der Waals surface area contributed by atoms with Gasteiger partial charge in [0.15, 0.2) is 0 Å². The second-order valence-electron chi connectivity index (χ2n) is 5.09. The maximum atomic E-state index is 12.4. The van der Waals surface area contributed by atoms with Crippen LogP contribution in [0.15, 0.2) is 46.9 Å². The molecule has 122 valence electrons. The molecule has 0 aliphatic rings. The Hall–Kier alpha value is -2.01. The van der Waals surface area contributed by atoms with Gasteiger partial charge < -0.3 is 15.0 Å². The van der Waals surface area contributed by atoms with E-state index in [4.69, 9.17) is 4.74 Å². The number of benzene rings is 2. The quantitative estimate of drug-likeness (QED) is 0.803. The molecule has 23 heavy (non-hydrogen) atoms. The third-order valence-corrected chi connectivity index (χ3v) is 4.03. The summed E-state index contributed by atoms with van der Waals surface area (Å²) in [6.45, 7) is 5.46. The SMILES string of the molecule is CCOc1ccc(Br)cc1NC(=O)c1ccc(N(C)CC)cc1. The van der Waals surface area contributed by atoms with Crippen molar-refractivity contribution in [2.75, 3.05) is 30.4 Å². The largest absolute Gasteiger partial charge is 0.492 e. The molecule has 1 N–H and O–H groups in total. The monoisotopic (exact) mass is 376 g/mol. The van der Waals surface area contributed by atoms with Gasteiger partial charge in [0.05, 0.1) is 12.3 Å². The van der Waals surface area contributed by atoms with Crippen LogP contribution < -0.4 is 15.0 Å². The van der Waals surface area contributed by atoms with Crippen LogP contribution in [0.25, 0.3) is 0 Å². The standard InChI is InChI=1S/C18H21BrN2O2/c1-4-21(3)15-9-6-13(7-10-15)18(22)20-16-12-14(19)8-11-17(16)23-5-2/h6-12H,4-5H2,1-3H3,(H,20,22). The van der Waals surface area contributed by atoms with E-state index < -0.39 is 0 Å². The maximum Gasteiger partial charge on any atom is 0.255 e. The van der Waals surface area contributed by atoms with E-state index in [1.54, 1.807) is 0 Å². The molecule has 5 heteroatoms. The van der Waals surface area contributed by atoms with Gasteiger partial charge in [-0.2, -0.15) is 0 Å². The number of hydrogen-bond acceptors (Lipinski definition) is 3. The van der Waals surface area contributed by atoms with E-state index in [1.807, 2.05) is 56.4 Å². The summed E-state index contributed by atoms with van der Waals surface area (Å²) in [5.74, 6) is 0.501. The van der Waals surface area contributed by atoms with Gasteiger partial charge in [0.2, 0.25) is 0 Å². The van der Waals surface area contributed by atoms with Crippen molar-refractivity contribution in [3.63, 3.8) is 0 Å². The first-order chi connectivity index (χ1) is 11.0. The third-order valence-electron chi connectivity index (χ3n) is 3.53. The number of rotatable bonds is 6. The van der Waals surface area contributed by atoms with Gasteiger partial charge in [-0.05, 0) is 56.3 Å². The van der Waals surface area contributed by atoms with Crippen LogP contribution in [-0.4, -0.2) is 26.1 Å². The zero-order chi connectivity index (χ0) is 16.8. The second kappa shape index (κ2) is 8.02. The van der Waals surface area contributed by atoms with E-state index in [0.717, 1.165) is 16.7 Å². The molecule has 2 aromatic carbocycles. The van der Waals surface area contributed by atoms with Gasteiger partial charge in [0.1, 0.15) is 5.75 Å². The number of anilines is 2. The van der Waals surface area contributed by atoms with Crippen LogP contribution in [0.4, 0.5) is 11.4 Å². The van der Waals surface area contributed by atoms with Crippen LogP contribution in [-0.2, 0) is 0 Å². The molecule has 0 saturated heterocycles. The van der Waals surface area contributed by atoms with Crippen molar-refractivity contribution in [2.24, 2.45) is 0 Å². The molecular weight excluding hydrogens is 356 g/mol. The molecule has 2 aromatic rings. The second-order valence-corrected chi connectivity index (χ2v) is 6.00. The molecule has 0 aliphatic heterocycles. The highest BCUT2D eigenvalue weighted by Gasteiger charge is 2.11. The molecule has 0 saturated carbocycles. The number of hydrogen-bond donors (Lipinski definition) is 1. The Morgan fingerprint density at radius 2 is 1.87 bits per heavy atom. The van der Waals surface area contributed by atoms with Crippen molar-refractivity contribution in [2.45, 2.75) is 13.8 Å². The predicted molar refractivity (Wildman–Crippen MR) is 98.7 cm³/mol. The van der Waals surface area contributed by atoms with Crippen molar-refractivity contribution in [3.05, 3.63) is 52.5 Å². The van der Waals surface area contributed by atoms with E-state index >= 15 is 0 Å². The fourth-order valence-electron chi connectivity index (χ4n) is 2.13. The highest BCUT2D eigenvalue weighted by Crippen LogP contribution is 2.29. The first-order valence-corrected chi connectivity index (χ1v) is 8.39. The number of halogens is 1. The summed E-state index contributed by atoms with van der Waals surface area (Å²) in [7, 11) is 2.02. The fourth-order valence-corrected chi connectivity index (χ4v) is 2.49. The molecule has 0 unspecified atom stereocenters. The lowest BCUT2D eigenvalue weighted by Crippen LogP contribution is -2.16. The van der Waals surface area contributed by atoms with Gasteiger partial charge in [-0.3, -0.25) is 4.79 Å². The Bertz CT molecular complexity index is 671. The molecule has 0 spiro atoms. The first kappa shape index (κ1) is 17.3. The summed E-state index contributed by atoms with van der Waals surface area (Å²) in [4.78, 5) is 14.6. The summed E-state index contributed by atoms with van der Waals surface area (Å²) in [6, 6.07) is 13.1. The summed E-state index contributed by atoms with van der Waals surface area (Å²) in [6.07, 6.45) is 0. The Morgan fingerprint density at radius 1 is 1.17 bits per heavy atom. The lowest BCUT2D eigenvalue weighted by atomic mass is 10.1. The van der Waals surface area contributed by atoms with Crippen molar-refractivity contribution < 1.29 is 9.53 Å². The Balaban J connectivity index is 2.17. The summed E-state index contributed by atoms with van der Waals surface area (Å²) < 4.78 is 6.44. The summed E-state index contributed by atoms with van der Waals surface area (Å²) in [5, 5.41) is 2.91. The molecule has 1 amide bonds. The topological polar surface area (TPSA) is 41.6 Å². The lowest BCUT2D eigenvalue weighted by Gasteiger charge is -2.17. The van der Waals surface area contributed by atoms with Crippen LogP contribution >= 0.6 is 15.9 Å². The zero-order valence-corrected chi connectivity index (χ0v) is 15.2. The minimum absolute atomic E-state index is 0.158. The van der Waals surface area contributed by atoms with Crippen LogP contribution in [0, 0.1) is 0 Å². The van der Waals surface area contributed by atoms with E-state index in [1.165, 1.54) is 0 Å². The minimum Gasteiger partial charge on any atom is -0.492 e. The molecule has 0 bridgehead atoms. The van der Waals surface area contributed by atoms with E-state index in [-0.39, 0.29) is 5.91 Å². The summed E-state index contributed by atoms with van der Waals surface area (Å²) in [5.41, 5.74) is 2.35. The van der Waals surface area contributed by atoms with E-state index in [9.17, 15) is 4.79 Å². The van der Waals surface area contributed by atoms with Gasteiger partial charge in [-0.1, -0.05) is 15.9 Å². The van der Waals surface area contributed by atoms with Gasteiger partial charge in [-0.15, -0.1) is 0 Å². The van der Waals surface area contributed by atoms with Crippen LogP contribution in [0.5, 0.6) is 5.75 Å². The van der Waals surface area contributed by atoms with Crippen molar-refractivity contribution in [1.29, 1.82) is 0 Å². The molecule has 0 heterocycles.